The summed E-state index contributed by atoms with van der Waals surface area (Å²) >= 11 is 1.61. The molecule has 0 aliphatic rings. The highest BCUT2D eigenvalue weighted by atomic mass is 32.1. The molecular formula is C11H12N6S. The molecule has 0 aromatic carbocycles. The average molecular weight is 260 g/mol. The van der Waals surface area contributed by atoms with Crippen LogP contribution in [0.3, 0.4) is 0 Å². The molecule has 0 radical (unpaired) electrons. The largest absolute Gasteiger partial charge is 0.367 e. The van der Waals surface area contributed by atoms with Crippen molar-refractivity contribution < 1.29 is 0 Å². The van der Waals surface area contributed by atoms with Crippen LogP contribution in [0.4, 0.5) is 5.82 Å². The van der Waals surface area contributed by atoms with Gasteiger partial charge in [0.2, 0.25) is 5.65 Å². The maximum Gasteiger partial charge on any atom is 0.203 e. The molecular weight excluding hydrogens is 248 g/mol. The molecule has 3 aromatic heterocycles. The lowest BCUT2D eigenvalue weighted by Crippen LogP contribution is -2.08. The highest BCUT2D eigenvalue weighted by Crippen LogP contribution is 2.12. The van der Waals surface area contributed by atoms with Crippen molar-refractivity contribution >= 4 is 22.8 Å². The molecule has 3 rings (SSSR count). The summed E-state index contributed by atoms with van der Waals surface area (Å²) < 4.78 is 1.91. The molecule has 0 saturated carbocycles. The maximum atomic E-state index is 4.29. The summed E-state index contributed by atoms with van der Waals surface area (Å²) in [6, 6.07) is 0. The quantitative estimate of drug-likeness (QED) is 0.770. The number of anilines is 1. The number of hydrogen-bond acceptors (Lipinski definition) is 6. The molecule has 0 bridgehead atoms. The lowest BCUT2D eigenvalue weighted by atomic mass is 10.3. The van der Waals surface area contributed by atoms with E-state index < -0.39 is 0 Å². The number of fused-ring (bicyclic) bond motifs is 1. The molecule has 92 valence electrons. The second-order valence-electron chi connectivity index (χ2n) is 3.87. The molecule has 6 nitrogen and oxygen atoms in total. The van der Waals surface area contributed by atoms with Crippen LogP contribution in [-0.4, -0.2) is 31.1 Å². The number of thiazole rings is 1. The standard InChI is InChI=1S/C11H12N6S/c1-8-15-16-11-10(13-4-5-17(8)11)12-3-2-9-6-18-7-14-9/h4-7H,2-3H2,1H3,(H,12,13). The zero-order valence-corrected chi connectivity index (χ0v) is 10.7. The van der Waals surface area contributed by atoms with Crippen LogP contribution in [0.2, 0.25) is 0 Å². The van der Waals surface area contributed by atoms with Crippen molar-refractivity contribution in [3.8, 4) is 0 Å². The first kappa shape index (κ1) is 11.1. The Morgan fingerprint density at radius 1 is 1.33 bits per heavy atom. The van der Waals surface area contributed by atoms with Crippen LogP contribution in [0.1, 0.15) is 11.5 Å². The smallest absolute Gasteiger partial charge is 0.203 e. The summed E-state index contributed by atoms with van der Waals surface area (Å²) in [5.41, 5.74) is 3.70. The first-order chi connectivity index (χ1) is 8.84. The third-order valence-electron chi connectivity index (χ3n) is 2.65. The molecule has 0 amide bonds. The summed E-state index contributed by atoms with van der Waals surface area (Å²) in [6.45, 7) is 2.70. The minimum absolute atomic E-state index is 0.758. The Bertz CT molecular complexity index is 645. The maximum absolute atomic E-state index is 4.29. The van der Waals surface area contributed by atoms with E-state index in [0.29, 0.717) is 0 Å². The molecule has 0 saturated heterocycles. The number of hydrogen-bond donors (Lipinski definition) is 1. The van der Waals surface area contributed by atoms with Crippen LogP contribution in [-0.2, 0) is 6.42 Å². The van der Waals surface area contributed by atoms with Gasteiger partial charge in [-0.05, 0) is 6.92 Å². The van der Waals surface area contributed by atoms with Gasteiger partial charge in [-0.25, -0.2) is 9.97 Å². The van der Waals surface area contributed by atoms with Crippen LogP contribution in [0.15, 0.2) is 23.3 Å². The van der Waals surface area contributed by atoms with Crippen LogP contribution in [0.25, 0.3) is 5.65 Å². The molecule has 7 heteroatoms. The van der Waals surface area contributed by atoms with Crippen molar-refractivity contribution in [1.82, 2.24) is 24.6 Å². The van der Waals surface area contributed by atoms with Gasteiger partial charge >= 0.3 is 0 Å². The molecule has 0 spiro atoms. The lowest BCUT2D eigenvalue weighted by molar-refractivity contribution is 0.961. The Hall–Kier alpha value is -2.02. The Labute approximate surface area is 108 Å². The van der Waals surface area contributed by atoms with E-state index in [1.807, 2.05) is 23.0 Å². The molecule has 3 aromatic rings. The number of rotatable bonds is 4. The normalized spacial score (nSPS) is 10.9. The summed E-state index contributed by atoms with van der Waals surface area (Å²) in [4.78, 5) is 8.53. The SMILES string of the molecule is Cc1nnc2c(NCCc3cscn3)nccn12. The van der Waals surface area contributed by atoms with Crippen molar-refractivity contribution in [3.63, 3.8) is 0 Å². The molecule has 3 heterocycles. The fourth-order valence-corrected chi connectivity index (χ4v) is 2.33. The van der Waals surface area contributed by atoms with Gasteiger partial charge in [-0.1, -0.05) is 0 Å². The molecule has 0 unspecified atom stereocenters. The van der Waals surface area contributed by atoms with Crippen molar-refractivity contribution in [3.05, 3.63) is 34.8 Å². The van der Waals surface area contributed by atoms with Crippen LogP contribution in [0.5, 0.6) is 0 Å². The molecule has 0 fully saturated rings. The number of nitrogens with one attached hydrogen (secondary N) is 1. The lowest BCUT2D eigenvalue weighted by Gasteiger charge is -2.05. The van der Waals surface area contributed by atoms with E-state index in [4.69, 9.17) is 0 Å². The van der Waals surface area contributed by atoms with Crippen LogP contribution < -0.4 is 5.32 Å². The van der Waals surface area contributed by atoms with Gasteiger partial charge < -0.3 is 5.32 Å². The third kappa shape index (κ3) is 2.04. The summed E-state index contributed by atoms with van der Waals surface area (Å²) in [5.74, 6) is 1.61. The molecule has 0 aliphatic carbocycles. The second kappa shape index (κ2) is 4.69. The second-order valence-corrected chi connectivity index (χ2v) is 4.59. The van der Waals surface area contributed by atoms with Gasteiger partial charge in [0.1, 0.15) is 5.82 Å². The zero-order chi connectivity index (χ0) is 12.4. The fourth-order valence-electron chi connectivity index (χ4n) is 1.74. The average Bonchev–Trinajstić information content (AvgIpc) is 3.01. The van der Waals surface area contributed by atoms with Crippen molar-refractivity contribution in [2.45, 2.75) is 13.3 Å². The first-order valence-electron chi connectivity index (χ1n) is 5.62. The van der Waals surface area contributed by atoms with Crippen molar-refractivity contribution in [1.29, 1.82) is 0 Å². The predicted molar refractivity (Wildman–Crippen MR) is 69.8 cm³/mol. The van der Waals surface area contributed by atoms with Gasteiger partial charge in [-0.2, -0.15) is 0 Å². The molecule has 0 atom stereocenters. The number of aryl methyl sites for hydroxylation is 1. The molecule has 0 aliphatic heterocycles. The topological polar surface area (TPSA) is 68.0 Å². The van der Waals surface area contributed by atoms with E-state index in [9.17, 15) is 0 Å². The summed E-state index contributed by atoms with van der Waals surface area (Å²) in [7, 11) is 0. The van der Waals surface area contributed by atoms with Crippen LogP contribution in [0, 0.1) is 6.92 Å². The zero-order valence-electron chi connectivity index (χ0n) is 9.87. The Morgan fingerprint density at radius 3 is 3.11 bits per heavy atom. The number of aromatic nitrogens is 5. The minimum Gasteiger partial charge on any atom is -0.367 e. The van der Waals surface area contributed by atoms with Gasteiger partial charge in [0.25, 0.3) is 0 Å². The fraction of sp³-hybridized carbons (Fsp3) is 0.273. The summed E-state index contributed by atoms with van der Waals surface area (Å²) in [5, 5.41) is 13.5. The highest BCUT2D eigenvalue weighted by molar-refractivity contribution is 7.07. The van der Waals surface area contributed by atoms with E-state index in [0.717, 1.165) is 35.9 Å². The van der Waals surface area contributed by atoms with E-state index in [-0.39, 0.29) is 0 Å². The molecule has 1 N–H and O–H groups in total. The Morgan fingerprint density at radius 2 is 2.28 bits per heavy atom. The van der Waals surface area contributed by atoms with Gasteiger partial charge in [0.05, 0.1) is 11.2 Å². The van der Waals surface area contributed by atoms with Gasteiger partial charge in [0.15, 0.2) is 5.82 Å². The van der Waals surface area contributed by atoms with Gasteiger partial charge in [0, 0.05) is 30.7 Å². The van der Waals surface area contributed by atoms with Crippen LogP contribution >= 0.6 is 11.3 Å². The third-order valence-corrected chi connectivity index (χ3v) is 3.29. The van der Waals surface area contributed by atoms with Crippen molar-refractivity contribution in [2.75, 3.05) is 11.9 Å². The van der Waals surface area contributed by atoms with Gasteiger partial charge in [-0.15, -0.1) is 21.5 Å². The Balaban J connectivity index is 1.74. The first-order valence-corrected chi connectivity index (χ1v) is 6.56. The minimum atomic E-state index is 0.758. The monoisotopic (exact) mass is 260 g/mol. The predicted octanol–water partition coefficient (Wildman–Crippen LogP) is 1.54. The van der Waals surface area contributed by atoms with E-state index in [1.165, 1.54) is 0 Å². The number of nitrogens with zero attached hydrogens (tertiary/aromatic N) is 5. The van der Waals surface area contributed by atoms with E-state index in [2.05, 4.69) is 30.9 Å². The van der Waals surface area contributed by atoms with Crippen molar-refractivity contribution in [2.24, 2.45) is 0 Å². The summed E-state index contributed by atoms with van der Waals surface area (Å²) in [6.07, 6.45) is 4.48. The van der Waals surface area contributed by atoms with Gasteiger partial charge in [-0.3, -0.25) is 4.40 Å². The Kier molecular flexibility index (Phi) is 2.89. The van der Waals surface area contributed by atoms with E-state index >= 15 is 0 Å². The highest BCUT2D eigenvalue weighted by Gasteiger charge is 2.06. The molecule has 18 heavy (non-hydrogen) atoms. The van der Waals surface area contributed by atoms with E-state index in [1.54, 1.807) is 17.5 Å².